The van der Waals surface area contributed by atoms with E-state index in [1.54, 1.807) is 71.9 Å². The van der Waals surface area contributed by atoms with Gasteiger partial charge < -0.3 is 13.9 Å². The summed E-state index contributed by atoms with van der Waals surface area (Å²) in [5, 5.41) is 0.839. The van der Waals surface area contributed by atoms with E-state index >= 15 is 0 Å². The summed E-state index contributed by atoms with van der Waals surface area (Å²) in [5.74, 6) is -0.124. The van der Waals surface area contributed by atoms with Crippen LogP contribution >= 0.6 is 0 Å². The van der Waals surface area contributed by atoms with Crippen molar-refractivity contribution in [2.75, 3.05) is 11.4 Å². The maximum absolute atomic E-state index is 13.8. The molecule has 0 spiro atoms. The van der Waals surface area contributed by atoms with Gasteiger partial charge in [0.05, 0.1) is 18.8 Å². The van der Waals surface area contributed by atoms with Crippen molar-refractivity contribution in [1.82, 2.24) is 14.3 Å². The molecule has 1 amide bonds. The zero-order valence-corrected chi connectivity index (χ0v) is 25.9. The standard InChI is InChI=1S/C31H36N4O7S/c1-30(2,3)41-28(36)21-35(29(37)42-31(4,5)6)27-15-9-12-23(33-27)19-34(43(38,39)25-13-10-16-32-18-25)20-24-17-22-11-7-8-14-26(22)40-24/h7-18H,19-21H2,1-6H3. The van der Waals surface area contributed by atoms with E-state index in [4.69, 9.17) is 13.9 Å². The van der Waals surface area contributed by atoms with Crippen molar-refractivity contribution >= 4 is 38.9 Å². The lowest BCUT2D eigenvalue weighted by Crippen LogP contribution is -2.42. The molecule has 0 aliphatic carbocycles. The number of amides is 1. The predicted molar refractivity (Wildman–Crippen MR) is 161 cm³/mol. The molecule has 0 radical (unpaired) electrons. The highest BCUT2D eigenvalue weighted by molar-refractivity contribution is 7.89. The number of esters is 1. The Morgan fingerprint density at radius 3 is 2.26 bits per heavy atom. The van der Waals surface area contributed by atoms with Gasteiger partial charge in [-0.15, -0.1) is 0 Å². The number of hydrogen-bond donors (Lipinski definition) is 0. The first-order valence-corrected chi connectivity index (χ1v) is 15.1. The smallest absolute Gasteiger partial charge is 0.416 e. The van der Waals surface area contributed by atoms with Crippen molar-refractivity contribution in [3.05, 3.63) is 84.5 Å². The number of ether oxygens (including phenoxy) is 2. The molecule has 0 fully saturated rings. The highest BCUT2D eigenvalue weighted by Gasteiger charge is 2.30. The van der Waals surface area contributed by atoms with Crippen molar-refractivity contribution in [2.24, 2.45) is 0 Å². The second-order valence-corrected chi connectivity index (χ2v) is 13.8. The van der Waals surface area contributed by atoms with Crippen LogP contribution in [0.4, 0.5) is 10.6 Å². The third-order valence-corrected chi connectivity index (χ3v) is 7.58. The topological polar surface area (TPSA) is 132 Å². The van der Waals surface area contributed by atoms with Crippen LogP contribution in [-0.4, -0.2) is 52.5 Å². The highest BCUT2D eigenvalue weighted by Crippen LogP contribution is 2.25. The number of hydrogen-bond acceptors (Lipinski definition) is 9. The van der Waals surface area contributed by atoms with Crippen LogP contribution in [0.3, 0.4) is 0 Å². The molecule has 3 aromatic heterocycles. The van der Waals surface area contributed by atoms with E-state index in [1.165, 1.54) is 28.8 Å². The second kappa shape index (κ2) is 12.5. The average Bonchev–Trinajstić information content (AvgIpc) is 3.32. The van der Waals surface area contributed by atoms with Gasteiger partial charge in [-0.2, -0.15) is 4.31 Å². The van der Waals surface area contributed by atoms with E-state index in [0.717, 1.165) is 10.3 Å². The SMILES string of the molecule is CC(C)(C)OC(=O)CN(C(=O)OC(C)(C)C)c1cccc(CN(Cc2cc3ccccc3o2)S(=O)(=O)c2cccnc2)n1. The summed E-state index contributed by atoms with van der Waals surface area (Å²) in [5.41, 5.74) is -0.670. The molecule has 0 saturated carbocycles. The summed E-state index contributed by atoms with van der Waals surface area (Å²) in [4.78, 5) is 35.6. The first kappa shape index (κ1) is 31.6. The number of furan rings is 1. The van der Waals surface area contributed by atoms with Crippen molar-refractivity contribution in [2.45, 2.75) is 70.7 Å². The second-order valence-electron chi connectivity index (χ2n) is 11.9. The van der Waals surface area contributed by atoms with Crippen LogP contribution in [0.25, 0.3) is 11.0 Å². The van der Waals surface area contributed by atoms with Gasteiger partial charge in [0, 0.05) is 17.8 Å². The lowest BCUT2D eigenvalue weighted by molar-refractivity contribution is -0.153. The largest absolute Gasteiger partial charge is 0.460 e. The molecule has 1 aromatic carbocycles. The van der Waals surface area contributed by atoms with Crippen LogP contribution < -0.4 is 4.90 Å². The summed E-state index contributed by atoms with van der Waals surface area (Å²) in [7, 11) is -4.06. The average molecular weight is 609 g/mol. The number of para-hydroxylation sites is 1. The van der Waals surface area contributed by atoms with Gasteiger partial charge in [-0.1, -0.05) is 24.3 Å². The molecular formula is C31H36N4O7S. The number of carbonyl (C=O) groups is 2. The zero-order valence-electron chi connectivity index (χ0n) is 25.1. The van der Waals surface area contributed by atoms with Crippen molar-refractivity contribution in [3.63, 3.8) is 0 Å². The summed E-state index contributed by atoms with van der Waals surface area (Å²) < 4.78 is 45.7. The Morgan fingerprint density at radius 1 is 0.884 bits per heavy atom. The molecule has 4 aromatic rings. The van der Waals surface area contributed by atoms with Gasteiger partial charge in [-0.3, -0.25) is 14.7 Å². The van der Waals surface area contributed by atoms with Crippen LogP contribution in [0.15, 0.2) is 82.4 Å². The third-order valence-electron chi connectivity index (χ3n) is 5.81. The molecule has 12 heteroatoms. The van der Waals surface area contributed by atoms with Crippen molar-refractivity contribution in [3.8, 4) is 0 Å². The Hall–Kier alpha value is -4.29. The zero-order chi connectivity index (χ0) is 31.4. The number of nitrogens with zero attached hydrogens (tertiary/aromatic N) is 4. The van der Waals surface area contributed by atoms with E-state index in [9.17, 15) is 18.0 Å². The minimum atomic E-state index is -4.06. The maximum Gasteiger partial charge on any atom is 0.416 e. The van der Waals surface area contributed by atoms with Gasteiger partial charge >= 0.3 is 12.1 Å². The molecule has 0 bridgehead atoms. The van der Waals surface area contributed by atoms with E-state index in [1.807, 2.05) is 18.2 Å². The molecule has 4 rings (SSSR count). The molecule has 0 N–H and O–H groups in total. The number of sulfonamides is 1. The van der Waals surface area contributed by atoms with Gasteiger partial charge in [0.2, 0.25) is 10.0 Å². The lowest BCUT2D eigenvalue weighted by Gasteiger charge is -2.28. The van der Waals surface area contributed by atoms with Crippen LogP contribution in [-0.2, 0) is 37.4 Å². The summed E-state index contributed by atoms with van der Waals surface area (Å²) in [6.07, 6.45) is 1.96. The van der Waals surface area contributed by atoms with Gasteiger partial charge in [0.15, 0.2) is 0 Å². The number of carbonyl (C=O) groups excluding carboxylic acids is 2. The summed E-state index contributed by atoms with van der Waals surface area (Å²) in [6.45, 7) is 9.57. The van der Waals surface area contributed by atoms with Crippen LogP contribution in [0.2, 0.25) is 0 Å². The molecule has 0 unspecified atom stereocenters. The molecule has 3 heterocycles. The van der Waals surface area contributed by atoms with Gasteiger partial charge in [0.1, 0.15) is 39.8 Å². The Bertz CT molecular complexity index is 1660. The monoisotopic (exact) mass is 608 g/mol. The van der Waals surface area contributed by atoms with E-state index < -0.39 is 39.8 Å². The highest BCUT2D eigenvalue weighted by atomic mass is 32.2. The Balaban J connectivity index is 1.69. The Morgan fingerprint density at radius 2 is 1.60 bits per heavy atom. The molecule has 0 aliphatic heterocycles. The maximum atomic E-state index is 13.8. The van der Waals surface area contributed by atoms with Gasteiger partial charge in [-0.25, -0.2) is 18.2 Å². The first-order chi connectivity index (χ1) is 20.1. The molecular weight excluding hydrogens is 572 g/mol. The van der Waals surface area contributed by atoms with Gasteiger partial charge in [0.25, 0.3) is 0 Å². The number of rotatable bonds is 9. The normalized spacial score (nSPS) is 12.3. The predicted octanol–water partition coefficient (Wildman–Crippen LogP) is 5.70. The molecule has 0 aliphatic rings. The molecule has 0 atom stereocenters. The minimum absolute atomic E-state index is 0.00238. The van der Waals surface area contributed by atoms with Gasteiger partial charge in [-0.05, 0) is 77.9 Å². The van der Waals surface area contributed by atoms with E-state index in [0.29, 0.717) is 17.0 Å². The first-order valence-electron chi connectivity index (χ1n) is 13.7. The quantitative estimate of drug-likeness (QED) is 0.220. The number of pyridine rings is 2. The van der Waals surface area contributed by atoms with E-state index in [-0.39, 0.29) is 23.8 Å². The minimum Gasteiger partial charge on any atom is -0.460 e. The number of benzene rings is 1. The summed E-state index contributed by atoms with van der Waals surface area (Å²) >= 11 is 0. The van der Waals surface area contributed by atoms with Crippen molar-refractivity contribution < 1.29 is 31.9 Å². The number of anilines is 1. The lowest BCUT2D eigenvalue weighted by atomic mass is 10.2. The van der Waals surface area contributed by atoms with E-state index in [2.05, 4.69) is 9.97 Å². The van der Waals surface area contributed by atoms with Crippen LogP contribution in [0.1, 0.15) is 53.0 Å². The number of aromatic nitrogens is 2. The number of fused-ring (bicyclic) bond motifs is 1. The fourth-order valence-electron chi connectivity index (χ4n) is 4.11. The fourth-order valence-corrected chi connectivity index (χ4v) is 5.45. The molecule has 43 heavy (non-hydrogen) atoms. The molecule has 11 nitrogen and oxygen atoms in total. The summed E-state index contributed by atoms with van der Waals surface area (Å²) in [6, 6.07) is 17.0. The fraction of sp³-hybridized carbons (Fsp3) is 0.355. The molecule has 228 valence electrons. The third kappa shape index (κ3) is 8.62. The molecule has 0 saturated heterocycles. The Kier molecular flexibility index (Phi) is 9.21. The van der Waals surface area contributed by atoms with Crippen LogP contribution in [0.5, 0.6) is 0 Å². The van der Waals surface area contributed by atoms with Crippen LogP contribution in [0, 0.1) is 0 Å². The Labute approximate surface area is 251 Å². The van der Waals surface area contributed by atoms with Crippen molar-refractivity contribution in [1.29, 1.82) is 0 Å².